The van der Waals surface area contributed by atoms with Crippen molar-refractivity contribution in [3.63, 3.8) is 0 Å². The van der Waals surface area contributed by atoms with E-state index in [1.54, 1.807) is 0 Å². The summed E-state index contributed by atoms with van der Waals surface area (Å²) in [4.78, 5) is 0. The molecule has 1 aromatic carbocycles. The van der Waals surface area contributed by atoms with Crippen molar-refractivity contribution in [3.05, 3.63) is 34.9 Å². The molecule has 1 aliphatic carbocycles. The maximum Gasteiger partial charge on any atom is 0.0408 e. The third-order valence-corrected chi connectivity index (χ3v) is 4.58. The minimum absolute atomic E-state index is 0.172. The van der Waals surface area contributed by atoms with Gasteiger partial charge in [0, 0.05) is 17.1 Å². The number of halogens is 1. The van der Waals surface area contributed by atoms with Gasteiger partial charge in [-0.15, -0.1) is 0 Å². The van der Waals surface area contributed by atoms with E-state index in [9.17, 15) is 0 Å². The third kappa shape index (κ3) is 4.79. The number of nitrogens with one attached hydrogen (secondary N) is 1. The topological polar surface area (TPSA) is 12.0 Å². The molecule has 1 unspecified atom stereocenters. The van der Waals surface area contributed by atoms with Crippen molar-refractivity contribution >= 4 is 11.6 Å². The number of hydrogen-bond acceptors (Lipinski definition) is 1. The van der Waals surface area contributed by atoms with Gasteiger partial charge in [-0.1, -0.05) is 43.0 Å². The molecule has 0 radical (unpaired) electrons. The van der Waals surface area contributed by atoms with Gasteiger partial charge < -0.3 is 5.32 Å². The van der Waals surface area contributed by atoms with Crippen LogP contribution in [0.15, 0.2) is 24.3 Å². The fourth-order valence-corrected chi connectivity index (χ4v) is 3.45. The van der Waals surface area contributed by atoms with E-state index in [1.165, 1.54) is 37.7 Å². The highest BCUT2D eigenvalue weighted by molar-refractivity contribution is 6.30. The zero-order valence-corrected chi connectivity index (χ0v) is 13.8. The fourth-order valence-electron chi connectivity index (χ4n) is 3.25. The van der Waals surface area contributed by atoms with Crippen LogP contribution in [0.3, 0.4) is 0 Å². The van der Waals surface area contributed by atoms with Crippen molar-refractivity contribution in [2.75, 3.05) is 6.54 Å². The molecule has 0 aromatic heterocycles. The van der Waals surface area contributed by atoms with E-state index in [4.69, 9.17) is 11.6 Å². The standard InChI is InChI=1S/C18H28ClN/c1-18(2,3)20-13-17(14-8-5-4-6-9-14)15-10-7-11-16(19)12-15/h7,10-12,14,17,20H,4-6,8-9,13H2,1-3H3. The summed E-state index contributed by atoms with van der Waals surface area (Å²) in [6.07, 6.45) is 6.91. The van der Waals surface area contributed by atoms with Gasteiger partial charge in [0.15, 0.2) is 0 Å². The predicted molar refractivity (Wildman–Crippen MR) is 88.5 cm³/mol. The zero-order chi connectivity index (χ0) is 14.6. The van der Waals surface area contributed by atoms with Crippen LogP contribution in [0.1, 0.15) is 64.4 Å². The SMILES string of the molecule is CC(C)(C)NCC(c1cccc(Cl)c1)C1CCCCC1. The molecule has 1 atom stereocenters. The molecule has 112 valence electrons. The lowest BCUT2D eigenvalue weighted by atomic mass is 9.76. The molecule has 1 nitrogen and oxygen atoms in total. The third-order valence-electron chi connectivity index (χ3n) is 4.35. The summed E-state index contributed by atoms with van der Waals surface area (Å²) in [7, 11) is 0. The van der Waals surface area contributed by atoms with Gasteiger partial charge >= 0.3 is 0 Å². The molecule has 20 heavy (non-hydrogen) atoms. The van der Waals surface area contributed by atoms with Crippen LogP contribution >= 0.6 is 11.6 Å². The van der Waals surface area contributed by atoms with Gasteiger partial charge in [0.1, 0.15) is 0 Å². The highest BCUT2D eigenvalue weighted by Crippen LogP contribution is 2.36. The Balaban J connectivity index is 2.14. The largest absolute Gasteiger partial charge is 0.311 e. The van der Waals surface area contributed by atoms with Crippen LogP contribution in [0, 0.1) is 5.92 Å². The summed E-state index contributed by atoms with van der Waals surface area (Å²) in [5.41, 5.74) is 1.58. The Morgan fingerprint density at radius 3 is 2.50 bits per heavy atom. The molecule has 2 rings (SSSR count). The van der Waals surface area contributed by atoms with E-state index in [0.29, 0.717) is 5.92 Å². The predicted octanol–water partition coefficient (Wildman–Crippen LogP) is 5.39. The molecule has 1 fully saturated rings. The van der Waals surface area contributed by atoms with E-state index in [0.717, 1.165) is 17.5 Å². The van der Waals surface area contributed by atoms with Crippen LogP contribution in [-0.2, 0) is 0 Å². The average Bonchev–Trinajstić information content (AvgIpc) is 2.39. The first-order valence-electron chi connectivity index (χ1n) is 7.96. The van der Waals surface area contributed by atoms with Gasteiger partial charge in [0.2, 0.25) is 0 Å². The fraction of sp³-hybridized carbons (Fsp3) is 0.667. The first-order chi connectivity index (χ1) is 9.46. The van der Waals surface area contributed by atoms with Gasteiger partial charge in [-0.05, 0) is 63.1 Å². The van der Waals surface area contributed by atoms with Crippen LogP contribution in [0.4, 0.5) is 0 Å². The molecule has 1 saturated carbocycles. The van der Waals surface area contributed by atoms with E-state index < -0.39 is 0 Å². The second-order valence-electron chi connectivity index (χ2n) is 7.19. The Morgan fingerprint density at radius 1 is 1.20 bits per heavy atom. The molecular weight excluding hydrogens is 266 g/mol. The summed E-state index contributed by atoms with van der Waals surface area (Å²) < 4.78 is 0. The Labute approximate surface area is 129 Å². The molecular formula is C18H28ClN. The number of benzene rings is 1. The summed E-state index contributed by atoms with van der Waals surface area (Å²) in [6.45, 7) is 7.77. The summed E-state index contributed by atoms with van der Waals surface area (Å²) in [5, 5.41) is 4.55. The first kappa shape index (κ1) is 15.9. The van der Waals surface area contributed by atoms with Crippen LogP contribution in [0.5, 0.6) is 0 Å². The number of hydrogen-bond donors (Lipinski definition) is 1. The van der Waals surface area contributed by atoms with Crippen LogP contribution < -0.4 is 5.32 Å². The summed E-state index contributed by atoms with van der Waals surface area (Å²) in [6, 6.07) is 8.46. The van der Waals surface area contributed by atoms with Crippen LogP contribution in [-0.4, -0.2) is 12.1 Å². The maximum absolute atomic E-state index is 6.20. The lowest BCUT2D eigenvalue weighted by Crippen LogP contribution is -2.40. The normalized spacial score (nSPS) is 19.0. The summed E-state index contributed by atoms with van der Waals surface area (Å²) >= 11 is 6.20. The van der Waals surface area contributed by atoms with Crippen molar-refractivity contribution < 1.29 is 0 Å². The minimum atomic E-state index is 0.172. The Morgan fingerprint density at radius 2 is 1.90 bits per heavy atom. The van der Waals surface area contributed by atoms with Crippen LogP contribution in [0.2, 0.25) is 5.02 Å². The van der Waals surface area contributed by atoms with Gasteiger partial charge in [0.05, 0.1) is 0 Å². The molecule has 0 heterocycles. The average molecular weight is 294 g/mol. The molecule has 0 saturated heterocycles. The van der Waals surface area contributed by atoms with E-state index in [1.807, 2.05) is 6.07 Å². The Bertz CT molecular complexity index is 416. The Hall–Kier alpha value is -0.530. The molecule has 0 aliphatic heterocycles. The van der Waals surface area contributed by atoms with Crippen molar-refractivity contribution in [1.29, 1.82) is 0 Å². The molecule has 0 amide bonds. The van der Waals surface area contributed by atoms with E-state index in [-0.39, 0.29) is 5.54 Å². The molecule has 2 heteroatoms. The lowest BCUT2D eigenvalue weighted by molar-refractivity contribution is 0.280. The second-order valence-corrected chi connectivity index (χ2v) is 7.63. The van der Waals surface area contributed by atoms with Crippen LogP contribution in [0.25, 0.3) is 0 Å². The highest BCUT2D eigenvalue weighted by Gasteiger charge is 2.26. The molecule has 0 spiro atoms. The van der Waals surface area contributed by atoms with Gasteiger partial charge in [0.25, 0.3) is 0 Å². The first-order valence-corrected chi connectivity index (χ1v) is 8.34. The smallest absolute Gasteiger partial charge is 0.0408 e. The lowest BCUT2D eigenvalue weighted by Gasteiger charge is -2.33. The van der Waals surface area contributed by atoms with Crippen molar-refractivity contribution in [2.24, 2.45) is 5.92 Å². The Kier molecular flexibility index (Phi) is 5.51. The monoisotopic (exact) mass is 293 g/mol. The molecule has 0 bridgehead atoms. The molecule has 1 aliphatic rings. The van der Waals surface area contributed by atoms with Crippen molar-refractivity contribution in [2.45, 2.75) is 64.3 Å². The second kappa shape index (κ2) is 6.95. The zero-order valence-electron chi connectivity index (χ0n) is 13.1. The number of rotatable bonds is 4. The highest BCUT2D eigenvalue weighted by atomic mass is 35.5. The quantitative estimate of drug-likeness (QED) is 0.784. The van der Waals surface area contributed by atoms with Gasteiger partial charge in [-0.2, -0.15) is 0 Å². The molecule has 1 aromatic rings. The minimum Gasteiger partial charge on any atom is -0.311 e. The summed E-state index contributed by atoms with van der Waals surface area (Å²) in [5.74, 6) is 1.39. The van der Waals surface area contributed by atoms with Crippen molar-refractivity contribution in [3.8, 4) is 0 Å². The van der Waals surface area contributed by atoms with E-state index in [2.05, 4.69) is 44.3 Å². The maximum atomic E-state index is 6.20. The van der Waals surface area contributed by atoms with E-state index >= 15 is 0 Å². The van der Waals surface area contributed by atoms with Gasteiger partial charge in [-0.3, -0.25) is 0 Å². The van der Waals surface area contributed by atoms with Crippen molar-refractivity contribution in [1.82, 2.24) is 5.32 Å². The van der Waals surface area contributed by atoms with Gasteiger partial charge in [-0.25, -0.2) is 0 Å². The molecule has 1 N–H and O–H groups in total.